The Morgan fingerprint density at radius 1 is 1.25 bits per heavy atom. The fraction of sp³-hybridized carbons (Fsp3) is 0.500. The summed E-state index contributed by atoms with van der Waals surface area (Å²) in [6, 6.07) is 0. The summed E-state index contributed by atoms with van der Waals surface area (Å²) in [7, 11) is 0. The van der Waals surface area contributed by atoms with E-state index >= 15 is 0 Å². The molecule has 20 heavy (non-hydrogen) atoms. The van der Waals surface area contributed by atoms with Gasteiger partial charge in [0.05, 0.1) is 12.9 Å². The van der Waals surface area contributed by atoms with Crippen LogP contribution in [0.15, 0.2) is 12.7 Å². The van der Waals surface area contributed by atoms with Crippen LogP contribution >= 0.6 is 0 Å². The maximum Gasteiger partial charge on any atom is 0.167 e. The average molecular weight is 274 g/mol. The number of imidazole rings is 1. The van der Waals surface area contributed by atoms with Gasteiger partial charge in [0.1, 0.15) is 30.2 Å². The molecule has 3 heterocycles. The van der Waals surface area contributed by atoms with Gasteiger partial charge in [0.15, 0.2) is 17.7 Å². The molecule has 1 fully saturated rings. The van der Waals surface area contributed by atoms with Gasteiger partial charge in [-0.05, 0) is 0 Å². The van der Waals surface area contributed by atoms with Crippen molar-refractivity contribution < 1.29 is 20.1 Å². The van der Waals surface area contributed by atoms with Crippen LogP contribution in [-0.2, 0) is 4.74 Å². The molecule has 4 atom stereocenters. The van der Waals surface area contributed by atoms with Gasteiger partial charge in [0, 0.05) is 18.9 Å². The monoisotopic (exact) mass is 274 g/mol. The van der Waals surface area contributed by atoms with Crippen LogP contribution in [-0.4, -0.2) is 78.6 Å². The Labute approximate surface area is 125 Å². The van der Waals surface area contributed by atoms with Gasteiger partial charge in [0.25, 0.3) is 0 Å². The average Bonchev–Trinajstić information content (AvgIpc) is 2.94. The minimum atomic E-state index is -1.19. The normalized spacial score (nSPS) is 29.6. The number of nitrogens with zero attached hydrogens (tertiary/aromatic N) is 4. The van der Waals surface area contributed by atoms with Crippen LogP contribution in [0, 0.1) is 0 Å². The van der Waals surface area contributed by atoms with E-state index in [4.69, 9.17) is 15.6 Å². The summed E-state index contributed by atoms with van der Waals surface area (Å²) < 4.78 is 6.85. The number of nitrogens with two attached hydrogens (primary N) is 1. The Hall–Kier alpha value is -1.21. The molecule has 5 N–H and O–H groups in total. The molecule has 0 spiro atoms. The Kier molecular flexibility index (Phi) is 4.29. The Morgan fingerprint density at radius 3 is 2.65 bits per heavy atom. The van der Waals surface area contributed by atoms with Gasteiger partial charge in [-0.1, -0.05) is 0 Å². The first-order valence-electron chi connectivity index (χ1n) is 5.69. The van der Waals surface area contributed by atoms with E-state index in [2.05, 4.69) is 15.0 Å². The van der Waals surface area contributed by atoms with E-state index in [1.165, 1.54) is 17.2 Å². The fourth-order valence-electron chi connectivity index (χ4n) is 2.17. The Balaban J connectivity index is 0.00000147. The molecular weight excluding hydrogens is 261 g/mol. The third kappa shape index (κ3) is 2.18. The number of anilines is 1. The van der Waals surface area contributed by atoms with Crippen LogP contribution in [0.4, 0.5) is 5.82 Å². The Morgan fingerprint density at radius 2 is 2.00 bits per heavy atom. The molecule has 0 bridgehead atoms. The maximum absolute atomic E-state index is 9.95. The molecule has 1 radical (unpaired) electrons. The number of ether oxygens (including phenoxy) is 1. The molecule has 0 unspecified atom stereocenters. The number of aliphatic hydroxyl groups excluding tert-OH is 3. The predicted molar refractivity (Wildman–Crippen MR) is 68.5 cm³/mol. The van der Waals surface area contributed by atoms with Gasteiger partial charge < -0.3 is 25.8 Å². The van der Waals surface area contributed by atoms with E-state index in [9.17, 15) is 10.2 Å². The molecule has 9 nitrogen and oxygen atoms in total. The molecule has 0 amide bonds. The molecule has 1 aliphatic rings. The summed E-state index contributed by atoms with van der Waals surface area (Å²) in [6.07, 6.45) is -1.42. The fourth-order valence-corrected chi connectivity index (χ4v) is 2.17. The van der Waals surface area contributed by atoms with Gasteiger partial charge in [0.2, 0.25) is 0 Å². The van der Waals surface area contributed by atoms with Gasteiger partial charge in [-0.15, -0.1) is 0 Å². The molecule has 103 valence electrons. The summed E-state index contributed by atoms with van der Waals surface area (Å²) in [6.45, 7) is -0.390. The van der Waals surface area contributed by atoms with E-state index in [0.29, 0.717) is 11.2 Å². The van der Waals surface area contributed by atoms with E-state index < -0.39 is 31.1 Å². The van der Waals surface area contributed by atoms with Crippen molar-refractivity contribution in [3.8, 4) is 0 Å². The number of aromatic nitrogens is 4. The Bertz CT molecular complexity index is 608. The molecule has 0 saturated carbocycles. The zero-order chi connectivity index (χ0) is 13.6. The zero-order valence-corrected chi connectivity index (χ0v) is 10.8. The molecule has 1 saturated heterocycles. The molecule has 10 heteroatoms. The van der Waals surface area contributed by atoms with Crippen molar-refractivity contribution in [3.63, 3.8) is 0 Å². The van der Waals surface area contributed by atoms with Gasteiger partial charge in [-0.3, -0.25) is 4.57 Å². The maximum atomic E-state index is 9.95. The molecule has 0 aliphatic carbocycles. The molecule has 1 aliphatic heterocycles. The van der Waals surface area contributed by atoms with Crippen molar-refractivity contribution in [2.75, 3.05) is 12.3 Å². The van der Waals surface area contributed by atoms with Crippen LogP contribution in [0.5, 0.6) is 0 Å². The number of aliphatic hydroxyl groups is 3. The van der Waals surface area contributed by atoms with E-state index in [1.807, 2.05) is 0 Å². The number of hydrogen-bond donors (Lipinski definition) is 4. The third-order valence-corrected chi connectivity index (χ3v) is 3.18. The third-order valence-electron chi connectivity index (χ3n) is 3.18. The summed E-state index contributed by atoms with van der Waals surface area (Å²) in [5.74, 6) is 0.218. The standard InChI is InChI=1S/C10H13N5O4.Li/c11-8-5-9(13-2-12-8)15(3-14-5)10-7(18)6(17)4(1-16)19-10;/h2-4,6-7,10,16-18H,1H2,(H2,11,12,13);/t4-,6-,7-,10-;/m1./s1. The number of fused-ring (bicyclic) bond motifs is 1. The minimum Gasteiger partial charge on any atom is -0.394 e. The summed E-state index contributed by atoms with van der Waals surface area (Å²) >= 11 is 0. The van der Waals surface area contributed by atoms with E-state index in [0.717, 1.165) is 0 Å². The quantitative estimate of drug-likeness (QED) is 0.446. The zero-order valence-electron chi connectivity index (χ0n) is 10.8. The van der Waals surface area contributed by atoms with Crippen LogP contribution in [0.1, 0.15) is 6.23 Å². The molecular formula is C10H13LiN5O4. The summed E-state index contributed by atoms with van der Waals surface area (Å²) in [5, 5.41) is 28.7. The second-order valence-corrected chi connectivity index (χ2v) is 4.31. The second kappa shape index (κ2) is 5.65. The van der Waals surface area contributed by atoms with E-state index in [-0.39, 0.29) is 24.7 Å². The van der Waals surface area contributed by atoms with Crippen molar-refractivity contribution in [1.29, 1.82) is 0 Å². The van der Waals surface area contributed by atoms with Gasteiger partial charge in [-0.25, -0.2) is 15.0 Å². The molecule has 3 rings (SSSR count). The van der Waals surface area contributed by atoms with Gasteiger partial charge >= 0.3 is 0 Å². The van der Waals surface area contributed by atoms with Crippen LogP contribution in [0.3, 0.4) is 0 Å². The second-order valence-electron chi connectivity index (χ2n) is 4.31. The minimum absolute atomic E-state index is 0. The number of nitrogen functional groups attached to an aromatic ring is 1. The summed E-state index contributed by atoms with van der Waals surface area (Å²) in [5.41, 5.74) is 6.44. The molecule has 2 aromatic heterocycles. The number of hydrogen-bond acceptors (Lipinski definition) is 8. The van der Waals surface area contributed by atoms with E-state index in [1.54, 1.807) is 0 Å². The van der Waals surface area contributed by atoms with Crippen LogP contribution in [0.2, 0.25) is 0 Å². The predicted octanol–water partition coefficient (Wildman–Crippen LogP) is -2.36. The SMILES string of the molecule is Nc1ncnc2c1ncn2[C@@H]1O[C@H](CO)[C@@H](O)[C@H]1O.[Li]. The van der Waals surface area contributed by atoms with Crippen molar-refractivity contribution >= 4 is 35.8 Å². The largest absolute Gasteiger partial charge is 0.394 e. The van der Waals surface area contributed by atoms with Crippen LogP contribution < -0.4 is 5.73 Å². The first-order chi connectivity index (χ1) is 9.13. The van der Waals surface area contributed by atoms with Gasteiger partial charge in [-0.2, -0.15) is 0 Å². The molecule has 0 aromatic carbocycles. The number of rotatable bonds is 2. The summed E-state index contributed by atoms with van der Waals surface area (Å²) in [4.78, 5) is 11.9. The van der Waals surface area contributed by atoms with Crippen molar-refractivity contribution in [1.82, 2.24) is 19.5 Å². The molecule has 2 aromatic rings. The van der Waals surface area contributed by atoms with Crippen molar-refractivity contribution in [3.05, 3.63) is 12.7 Å². The first kappa shape index (κ1) is 15.2. The topological polar surface area (TPSA) is 140 Å². The first-order valence-corrected chi connectivity index (χ1v) is 5.69. The van der Waals surface area contributed by atoms with Crippen LogP contribution in [0.25, 0.3) is 11.2 Å². The smallest absolute Gasteiger partial charge is 0.167 e. The van der Waals surface area contributed by atoms with Crippen molar-refractivity contribution in [2.24, 2.45) is 0 Å². The van der Waals surface area contributed by atoms with Crippen molar-refractivity contribution in [2.45, 2.75) is 24.5 Å².